The number of hydrogen-bond donors (Lipinski definition) is 3. The van der Waals surface area contributed by atoms with Crippen molar-refractivity contribution < 1.29 is 23.5 Å². The molecule has 234 valence electrons. The summed E-state index contributed by atoms with van der Waals surface area (Å²) >= 11 is 0. The standard InChI is InChI=1S/C34H42FN5O4/c1-21(36-2)32(41)38-30(23-11-7-4-8-12-23)33(42)39-16-15-29-31(39)27(26-18-37-28-17-24(35)13-14-25(26)28)19-40(29)34(43)44-20-22-9-5-3-6-10-22/h3,5-6,9-10,13-14,17-18,21,23,27,29-31,36-37H,4,7-8,11-12,15-16,19-20H2,1-2H3,(H,38,41)/t21-,27+,29+,30-,31+/m0/s1. The SMILES string of the molecule is CN[C@@H](C)C(=O)N[C@H](C(=O)N1CC[C@@H]2[C@H]1[C@@H](c1c[nH]c3cc(F)ccc13)CN2C(=O)OCc1ccccc1)C1CCCCC1. The maximum absolute atomic E-state index is 14.5. The number of benzene rings is 2. The van der Waals surface area contributed by atoms with Crippen LogP contribution in [0.15, 0.2) is 54.7 Å². The molecule has 2 aromatic carbocycles. The molecule has 1 aromatic heterocycles. The Morgan fingerprint density at radius 2 is 1.82 bits per heavy atom. The van der Waals surface area contributed by atoms with Gasteiger partial charge in [-0.2, -0.15) is 0 Å². The molecule has 5 atom stereocenters. The number of halogens is 1. The summed E-state index contributed by atoms with van der Waals surface area (Å²) in [6.07, 6.45) is 7.07. The quantitative estimate of drug-likeness (QED) is 0.347. The second kappa shape index (κ2) is 13.0. The predicted molar refractivity (Wildman–Crippen MR) is 165 cm³/mol. The molecule has 3 aromatic rings. The largest absolute Gasteiger partial charge is 0.445 e. The van der Waals surface area contributed by atoms with Crippen molar-refractivity contribution in [2.75, 3.05) is 20.1 Å². The minimum absolute atomic E-state index is 0.0613. The van der Waals surface area contributed by atoms with Crippen molar-refractivity contribution in [3.8, 4) is 0 Å². The zero-order chi connectivity index (χ0) is 30.8. The van der Waals surface area contributed by atoms with Gasteiger partial charge in [0.25, 0.3) is 0 Å². The van der Waals surface area contributed by atoms with E-state index in [1.54, 1.807) is 24.9 Å². The Morgan fingerprint density at radius 3 is 2.57 bits per heavy atom. The van der Waals surface area contributed by atoms with E-state index in [2.05, 4.69) is 15.6 Å². The number of fused-ring (bicyclic) bond motifs is 2. The van der Waals surface area contributed by atoms with Crippen LogP contribution in [0.3, 0.4) is 0 Å². The van der Waals surface area contributed by atoms with Crippen molar-refractivity contribution in [1.29, 1.82) is 0 Å². The van der Waals surface area contributed by atoms with Crippen LogP contribution in [0.5, 0.6) is 0 Å². The maximum atomic E-state index is 14.5. The minimum atomic E-state index is -0.630. The Bertz CT molecular complexity index is 1490. The van der Waals surface area contributed by atoms with Crippen LogP contribution < -0.4 is 10.6 Å². The van der Waals surface area contributed by atoms with Crippen LogP contribution in [0.25, 0.3) is 10.9 Å². The summed E-state index contributed by atoms with van der Waals surface area (Å²) in [5, 5.41) is 6.96. The van der Waals surface area contributed by atoms with Crippen LogP contribution in [0.4, 0.5) is 9.18 Å². The molecule has 2 aliphatic heterocycles. The molecule has 1 aliphatic carbocycles. The van der Waals surface area contributed by atoms with Crippen LogP contribution in [0.2, 0.25) is 0 Å². The van der Waals surface area contributed by atoms with Crippen LogP contribution in [-0.2, 0) is 20.9 Å². The summed E-state index contributed by atoms with van der Waals surface area (Å²) < 4.78 is 19.9. The van der Waals surface area contributed by atoms with Gasteiger partial charge < -0.3 is 30.2 Å². The fourth-order valence-corrected chi connectivity index (χ4v) is 7.50. The molecule has 0 bridgehead atoms. The second-order valence-corrected chi connectivity index (χ2v) is 12.5. The van der Waals surface area contributed by atoms with Gasteiger partial charge >= 0.3 is 6.09 Å². The van der Waals surface area contributed by atoms with E-state index in [1.165, 1.54) is 12.1 Å². The van der Waals surface area contributed by atoms with E-state index in [4.69, 9.17) is 4.74 Å². The van der Waals surface area contributed by atoms with Gasteiger partial charge in [-0.1, -0.05) is 49.6 Å². The molecular weight excluding hydrogens is 561 g/mol. The molecule has 2 saturated heterocycles. The number of aromatic amines is 1. The predicted octanol–water partition coefficient (Wildman–Crippen LogP) is 4.69. The molecule has 0 unspecified atom stereocenters. The van der Waals surface area contributed by atoms with E-state index < -0.39 is 18.2 Å². The number of aromatic nitrogens is 1. The zero-order valence-electron chi connectivity index (χ0n) is 25.4. The van der Waals surface area contributed by atoms with Crippen LogP contribution in [0, 0.1) is 11.7 Å². The Kier molecular flexibility index (Phi) is 8.88. The topological polar surface area (TPSA) is 107 Å². The van der Waals surface area contributed by atoms with Crippen molar-refractivity contribution in [3.05, 3.63) is 71.7 Å². The first-order valence-electron chi connectivity index (χ1n) is 15.9. The number of hydrogen-bond acceptors (Lipinski definition) is 5. The Hall–Kier alpha value is -3.92. The normalized spacial score (nSPS) is 23.4. The summed E-state index contributed by atoms with van der Waals surface area (Å²) in [6, 6.07) is 12.6. The van der Waals surface area contributed by atoms with Gasteiger partial charge in [0.05, 0.1) is 18.1 Å². The number of carbonyl (C=O) groups is 3. The monoisotopic (exact) mass is 603 g/mol. The van der Waals surface area contributed by atoms with Crippen molar-refractivity contribution in [2.24, 2.45) is 5.92 Å². The summed E-state index contributed by atoms with van der Waals surface area (Å²) in [6.45, 7) is 2.79. The molecule has 6 rings (SSSR count). The highest BCUT2D eigenvalue weighted by Crippen LogP contribution is 2.44. The summed E-state index contributed by atoms with van der Waals surface area (Å²) in [7, 11) is 1.73. The first-order chi connectivity index (χ1) is 21.4. The van der Waals surface area contributed by atoms with E-state index in [9.17, 15) is 18.8 Å². The average Bonchev–Trinajstić information content (AvgIpc) is 3.77. The third-order valence-corrected chi connectivity index (χ3v) is 9.94. The minimum Gasteiger partial charge on any atom is -0.445 e. The number of likely N-dealkylation sites (N-methyl/N-ethyl adjacent to an activating group) is 1. The fourth-order valence-electron chi connectivity index (χ4n) is 7.50. The molecule has 10 heteroatoms. The van der Waals surface area contributed by atoms with Crippen molar-refractivity contribution in [3.63, 3.8) is 0 Å². The zero-order valence-corrected chi connectivity index (χ0v) is 25.4. The lowest BCUT2D eigenvalue weighted by atomic mass is 9.82. The first kappa shape index (κ1) is 30.1. The van der Waals surface area contributed by atoms with E-state index in [1.807, 2.05) is 41.4 Å². The molecule has 3 N–H and O–H groups in total. The summed E-state index contributed by atoms with van der Waals surface area (Å²) in [5.41, 5.74) is 2.51. The van der Waals surface area contributed by atoms with Crippen molar-refractivity contribution >= 4 is 28.8 Å². The van der Waals surface area contributed by atoms with Crippen LogP contribution in [-0.4, -0.2) is 77.0 Å². The van der Waals surface area contributed by atoms with E-state index in [0.29, 0.717) is 25.0 Å². The number of amides is 3. The lowest BCUT2D eigenvalue weighted by molar-refractivity contribution is -0.139. The molecule has 0 spiro atoms. The lowest BCUT2D eigenvalue weighted by Gasteiger charge is -2.36. The number of nitrogens with one attached hydrogen (secondary N) is 3. The molecule has 1 saturated carbocycles. The molecular formula is C34H42FN5O4. The highest BCUT2D eigenvalue weighted by Gasteiger charge is 2.54. The van der Waals surface area contributed by atoms with E-state index >= 15 is 0 Å². The molecule has 3 aliphatic rings. The van der Waals surface area contributed by atoms with Gasteiger partial charge in [0.1, 0.15) is 18.5 Å². The number of nitrogens with zero attached hydrogens (tertiary/aromatic N) is 2. The Balaban J connectivity index is 1.31. The van der Waals surface area contributed by atoms with Crippen molar-refractivity contribution in [1.82, 2.24) is 25.4 Å². The molecule has 44 heavy (non-hydrogen) atoms. The van der Waals surface area contributed by atoms with Gasteiger partial charge in [0.15, 0.2) is 0 Å². The summed E-state index contributed by atoms with van der Waals surface area (Å²) in [4.78, 5) is 48.1. The average molecular weight is 604 g/mol. The van der Waals surface area contributed by atoms with Crippen LogP contribution >= 0.6 is 0 Å². The second-order valence-electron chi connectivity index (χ2n) is 12.5. The Morgan fingerprint density at radius 1 is 1.05 bits per heavy atom. The molecule has 3 fully saturated rings. The van der Waals surface area contributed by atoms with Gasteiger partial charge in [-0.15, -0.1) is 0 Å². The first-order valence-corrected chi connectivity index (χ1v) is 15.9. The smallest absolute Gasteiger partial charge is 0.410 e. The Labute approximate surface area is 257 Å². The van der Waals surface area contributed by atoms with Crippen LogP contribution in [0.1, 0.15) is 62.5 Å². The van der Waals surface area contributed by atoms with Crippen molar-refractivity contribution in [2.45, 2.75) is 82.1 Å². The fraction of sp³-hybridized carbons (Fsp3) is 0.500. The van der Waals surface area contributed by atoms with Gasteiger partial charge in [-0.05, 0) is 68.5 Å². The molecule has 0 radical (unpaired) electrons. The third-order valence-electron chi connectivity index (χ3n) is 9.94. The number of rotatable bonds is 8. The molecule has 3 heterocycles. The number of H-pyrrole nitrogens is 1. The van der Waals surface area contributed by atoms with Gasteiger partial charge in [0.2, 0.25) is 11.8 Å². The highest BCUT2D eigenvalue weighted by atomic mass is 19.1. The molecule has 3 amide bonds. The van der Waals surface area contributed by atoms with E-state index in [0.717, 1.165) is 48.6 Å². The number of carbonyl (C=O) groups excluding carboxylic acids is 3. The highest BCUT2D eigenvalue weighted by molar-refractivity contribution is 5.91. The lowest BCUT2D eigenvalue weighted by Crippen LogP contribution is -2.57. The number of likely N-dealkylation sites (tertiary alicyclic amines) is 2. The summed E-state index contributed by atoms with van der Waals surface area (Å²) in [5.74, 6) is -0.766. The molecule has 9 nitrogen and oxygen atoms in total. The maximum Gasteiger partial charge on any atom is 0.410 e. The number of ether oxygens (including phenoxy) is 1. The van der Waals surface area contributed by atoms with Gasteiger partial charge in [-0.25, -0.2) is 9.18 Å². The third kappa shape index (κ3) is 5.92. The van der Waals surface area contributed by atoms with E-state index in [-0.39, 0.29) is 48.2 Å². The van der Waals surface area contributed by atoms with Gasteiger partial charge in [-0.3, -0.25) is 9.59 Å². The van der Waals surface area contributed by atoms with Gasteiger partial charge in [0, 0.05) is 36.1 Å².